The molecule has 168 valence electrons. The fourth-order valence-electron chi connectivity index (χ4n) is 5.61. The molecule has 5 nitrogen and oxygen atoms in total. The number of benzene rings is 1. The summed E-state index contributed by atoms with van der Waals surface area (Å²) in [7, 11) is 0. The number of carbonyl (C=O) groups is 1. The molecule has 0 radical (unpaired) electrons. The Labute approximate surface area is 180 Å². The Kier molecular flexibility index (Phi) is 8.58. The Hall–Kier alpha value is -1.59. The highest BCUT2D eigenvalue weighted by Crippen LogP contribution is 2.48. The number of carboxylic acid groups (broad SMARTS) is 1. The highest BCUT2D eigenvalue weighted by molar-refractivity contribution is 5.66. The summed E-state index contributed by atoms with van der Waals surface area (Å²) in [5.74, 6) is 0.634. The van der Waals surface area contributed by atoms with Crippen molar-refractivity contribution in [1.82, 2.24) is 0 Å². The molecular formula is C25H37O5-. The summed E-state index contributed by atoms with van der Waals surface area (Å²) in [5, 5.41) is 31.6. The van der Waals surface area contributed by atoms with Crippen LogP contribution in [0.25, 0.3) is 0 Å². The van der Waals surface area contributed by atoms with Crippen LogP contribution in [0.15, 0.2) is 18.2 Å². The van der Waals surface area contributed by atoms with E-state index in [1.54, 1.807) is 0 Å². The Bertz CT molecular complexity index is 688. The number of unbranched alkanes of at least 4 members (excludes halogenated alkanes) is 3. The third-order valence-corrected chi connectivity index (χ3v) is 7.16. The number of hydrogen-bond donors (Lipinski definition) is 2. The van der Waals surface area contributed by atoms with Gasteiger partial charge in [0.15, 0.2) is 0 Å². The normalized spacial score (nSPS) is 26.1. The van der Waals surface area contributed by atoms with Crippen molar-refractivity contribution in [1.29, 1.82) is 0 Å². The number of ether oxygens (including phenoxy) is 1. The highest BCUT2D eigenvalue weighted by atomic mass is 16.5. The van der Waals surface area contributed by atoms with Gasteiger partial charge in [-0.05, 0) is 73.5 Å². The second-order valence-corrected chi connectivity index (χ2v) is 9.29. The van der Waals surface area contributed by atoms with Crippen molar-refractivity contribution in [3.8, 4) is 5.75 Å². The van der Waals surface area contributed by atoms with Crippen LogP contribution in [-0.2, 0) is 17.6 Å². The van der Waals surface area contributed by atoms with Gasteiger partial charge in [0.1, 0.15) is 12.4 Å². The monoisotopic (exact) mass is 417 g/mol. The van der Waals surface area contributed by atoms with Crippen LogP contribution in [0.3, 0.4) is 0 Å². The molecule has 0 saturated heterocycles. The summed E-state index contributed by atoms with van der Waals surface area (Å²) in [6.45, 7) is 1.75. The summed E-state index contributed by atoms with van der Waals surface area (Å²) < 4.78 is 5.46. The van der Waals surface area contributed by atoms with Gasteiger partial charge in [-0.25, -0.2) is 0 Å². The second kappa shape index (κ2) is 11.1. The van der Waals surface area contributed by atoms with E-state index in [1.807, 2.05) is 12.1 Å². The maximum Gasteiger partial charge on any atom is 0.128 e. The molecule has 1 aromatic carbocycles. The van der Waals surface area contributed by atoms with Crippen LogP contribution in [0.1, 0.15) is 75.8 Å². The van der Waals surface area contributed by atoms with Gasteiger partial charge in [0.05, 0.1) is 18.2 Å². The lowest BCUT2D eigenvalue weighted by Crippen LogP contribution is -2.30. The number of fused-ring (bicyclic) bond motifs is 2. The molecule has 0 amide bonds. The highest BCUT2D eigenvalue weighted by Gasteiger charge is 2.44. The van der Waals surface area contributed by atoms with Gasteiger partial charge in [-0.3, -0.25) is 0 Å². The van der Waals surface area contributed by atoms with Gasteiger partial charge in [-0.2, -0.15) is 0 Å². The topological polar surface area (TPSA) is 89.8 Å². The maximum atomic E-state index is 10.8. The van der Waals surface area contributed by atoms with Gasteiger partial charge < -0.3 is 24.9 Å². The summed E-state index contributed by atoms with van der Waals surface area (Å²) in [5.41, 5.74) is 2.32. The van der Waals surface area contributed by atoms with E-state index in [4.69, 9.17) is 4.74 Å². The molecule has 5 heteroatoms. The van der Waals surface area contributed by atoms with E-state index >= 15 is 0 Å². The first-order valence-corrected chi connectivity index (χ1v) is 11.8. The predicted octanol–water partition coefficient (Wildman–Crippen LogP) is 3.03. The standard InChI is InChI=1S/C25H38O5/c1-2-3-4-9-19(26)10-5-6-11-20-21-13-17-8-7-12-24(30-16-25(28)29)22(17)14-18(21)15-23(20)27/h7-8,12,18-21,23,26-27H,2-6,9-11,13-16H2,1H3,(H,28,29)/p-1/t18-,19-,20+,21-,23+/m0/s1. The molecule has 30 heavy (non-hydrogen) atoms. The van der Waals surface area contributed by atoms with Crippen molar-refractivity contribution in [2.75, 3.05) is 6.61 Å². The lowest BCUT2D eigenvalue weighted by Gasteiger charge is -2.32. The third kappa shape index (κ3) is 5.98. The average molecular weight is 418 g/mol. The molecule has 1 fully saturated rings. The molecule has 0 bridgehead atoms. The number of aliphatic carboxylic acids is 1. The number of rotatable bonds is 12. The second-order valence-electron chi connectivity index (χ2n) is 9.29. The van der Waals surface area contributed by atoms with Crippen molar-refractivity contribution in [2.24, 2.45) is 17.8 Å². The molecule has 0 aliphatic heterocycles. The zero-order valence-corrected chi connectivity index (χ0v) is 18.2. The fourth-order valence-corrected chi connectivity index (χ4v) is 5.61. The predicted molar refractivity (Wildman–Crippen MR) is 114 cm³/mol. The largest absolute Gasteiger partial charge is 0.546 e. The van der Waals surface area contributed by atoms with Crippen molar-refractivity contribution in [3.63, 3.8) is 0 Å². The summed E-state index contributed by atoms with van der Waals surface area (Å²) >= 11 is 0. The molecule has 1 saturated carbocycles. The van der Waals surface area contributed by atoms with Crippen LogP contribution in [0.4, 0.5) is 0 Å². The molecule has 0 unspecified atom stereocenters. The van der Waals surface area contributed by atoms with Crippen molar-refractivity contribution >= 4 is 5.97 Å². The number of carbonyl (C=O) groups excluding carboxylic acids is 1. The number of aliphatic hydroxyl groups is 2. The number of carboxylic acids is 1. The molecule has 0 heterocycles. The minimum atomic E-state index is -1.21. The fraction of sp³-hybridized carbons (Fsp3) is 0.720. The lowest BCUT2D eigenvalue weighted by atomic mass is 9.73. The zero-order chi connectivity index (χ0) is 21.5. The van der Waals surface area contributed by atoms with Gasteiger partial charge in [0.25, 0.3) is 0 Å². The van der Waals surface area contributed by atoms with Crippen LogP contribution < -0.4 is 9.84 Å². The summed E-state index contributed by atoms with van der Waals surface area (Å²) in [6, 6.07) is 5.85. The first-order chi connectivity index (χ1) is 14.5. The van der Waals surface area contributed by atoms with Crippen LogP contribution in [0, 0.1) is 17.8 Å². The summed E-state index contributed by atoms with van der Waals surface area (Å²) in [6.07, 6.45) is 10.5. The van der Waals surface area contributed by atoms with Crippen LogP contribution >= 0.6 is 0 Å². The Morgan fingerprint density at radius 2 is 1.97 bits per heavy atom. The molecule has 3 rings (SSSR count). The van der Waals surface area contributed by atoms with Crippen molar-refractivity contribution in [2.45, 2.75) is 89.8 Å². The van der Waals surface area contributed by atoms with E-state index in [0.29, 0.717) is 23.5 Å². The Morgan fingerprint density at radius 3 is 2.70 bits per heavy atom. The first kappa shape index (κ1) is 23.1. The van der Waals surface area contributed by atoms with Gasteiger partial charge in [0.2, 0.25) is 0 Å². The van der Waals surface area contributed by atoms with E-state index < -0.39 is 12.6 Å². The van der Waals surface area contributed by atoms with Crippen molar-refractivity contribution in [3.05, 3.63) is 29.3 Å². The van der Waals surface area contributed by atoms with Gasteiger partial charge in [-0.1, -0.05) is 51.2 Å². The Morgan fingerprint density at radius 1 is 1.20 bits per heavy atom. The van der Waals surface area contributed by atoms with Crippen molar-refractivity contribution < 1.29 is 24.9 Å². The molecule has 0 aromatic heterocycles. The molecule has 1 aromatic rings. The van der Waals surface area contributed by atoms with Gasteiger partial charge in [-0.15, -0.1) is 0 Å². The minimum absolute atomic E-state index is 0.182. The zero-order valence-electron chi connectivity index (χ0n) is 18.2. The third-order valence-electron chi connectivity index (χ3n) is 7.16. The molecule has 5 atom stereocenters. The van der Waals surface area contributed by atoms with Crippen LogP contribution in [0.5, 0.6) is 5.75 Å². The molecule has 2 aliphatic carbocycles. The van der Waals surface area contributed by atoms with E-state index in [1.165, 1.54) is 18.4 Å². The van der Waals surface area contributed by atoms with Crippen LogP contribution in [0.2, 0.25) is 0 Å². The molecular weight excluding hydrogens is 380 g/mol. The molecule has 2 N–H and O–H groups in total. The quantitative estimate of drug-likeness (QED) is 0.510. The van der Waals surface area contributed by atoms with Gasteiger partial charge >= 0.3 is 0 Å². The summed E-state index contributed by atoms with van der Waals surface area (Å²) in [4.78, 5) is 10.8. The molecule has 0 spiro atoms. The molecule has 2 aliphatic rings. The first-order valence-electron chi connectivity index (χ1n) is 11.8. The number of hydrogen-bond acceptors (Lipinski definition) is 5. The lowest BCUT2D eigenvalue weighted by molar-refractivity contribution is -0.307. The van der Waals surface area contributed by atoms with E-state index in [-0.39, 0.29) is 12.2 Å². The maximum absolute atomic E-state index is 10.8. The SMILES string of the molecule is CCCCC[C@H](O)CCCC[C@@H]1[C@H]2Cc3cccc(OCC(=O)[O-])c3C[C@H]2C[C@H]1O. The minimum Gasteiger partial charge on any atom is -0.546 e. The van der Waals surface area contributed by atoms with Gasteiger partial charge in [0, 0.05) is 0 Å². The smallest absolute Gasteiger partial charge is 0.128 e. The van der Waals surface area contributed by atoms with E-state index in [2.05, 4.69) is 13.0 Å². The van der Waals surface area contributed by atoms with E-state index in [9.17, 15) is 20.1 Å². The Balaban J connectivity index is 1.52. The van der Waals surface area contributed by atoms with Crippen LogP contribution in [-0.4, -0.2) is 35.0 Å². The number of aliphatic hydroxyl groups excluding tert-OH is 2. The average Bonchev–Trinajstić information content (AvgIpc) is 3.02. The van der Waals surface area contributed by atoms with E-state index in [0.717, 1.165) is 63.4 Å².